The molecule has 3 heteroatoms. The fourth-order valence-electron chi connectivity index (χ4n) is 3.01. The van der Waals surface area contributed by atoms with Gasteiger partial charge in [0.25, 0.3) is 0 Å². The lowest BCUT2D eigenvalue weighted by Gasteiger charge is -2.39. The topological polar surface area (TPSA) is 18.5 Å². The molecule has 0 atom stereocenters. The zero-order chi connectivity index (χ0) is 12.7. The number of alkyl halides is 1. The van der Waals surface area contributed by atoms with Gasteiger partial charge >= 0.3 is 0 Å². The van der Waals surface area contributed by atoms with Crippen LogP contribution < -0.4 is 0 Å². The van der Waals surface area contributed by atoms with E-state index >= 15 is 0 Å². The third kappa shape index (κ3) is 4.71. The standard InChI is InChI=1S/C15H27ClO2/c16-14-12-17-15(18-13-14)10-8-6-4-2-1-3-5-7-9-11-15/h14H,1-13H2. The van der Waals surface area contributed by atoms with Crippen molar-refractivity contribution in [3.05, 3.63) is 0 Å². The third-order valence-electron chi connectivity index (χ3n) is 4.17. The van der Waals surface area contributed by atoms with E-state index in [1.165, 1.54) is 57.8 Å². The van der Waals surface area contributed by atoms with Crippen LogP contribution in [0.3, 0.4) is 0 Å². The first kappa shape index (κ1) is 14.6. The molecule has 106 valence electrons. The van der Waals surface area contributed by atoms with Crippen LogP contribution in [0.4, 0.5) is 0 Å². The highest BCUT2D eigenvalue weighted by Crippen LogP contribution is 2.32. The molecule has 2 aliphatic rings. The first-order valence-electron chi connectivity index (χ1n) is 7.73. The highest BCUT2D eigenvalue weighted by atomic mass is 35.5. The van der Waals surface area contributed by atoms with Crippen molar-refractivity contribution >= 4 is 11.6 Å². The van der Waals surface area contributed by atoms with Crippen molar-refractivity contribution in [1.82, 2.24) is 0 Å². The van der Waals surface area contributed by atoms with Gasteiger partial charge in [-0.3, -0.25) is 0 Å². The summed E-state index contributed by atoms with van der Waals surface area (Å²) in [5.74, 6) is -0.301. The molecule has 1 saturated carbocycles. The summed E-state index contributed by atoms with van der Waals surface area (Å²) in [6, 6.07) is 0. The Morgan fingerprint density at radius 1 is 0.667 bits per heavy atom. The molecule has 1 spiro atoms. The van der Waals surface area contributed by atoms with Crippen LogP contribution in [-0.4, -0.2) is 24.4 Å². The fourth-order valence-corrected chi connectivity index (χ4v) is 3.14. The van der Waals surface area contributed by atoms with Gasteiger partial charge < -0.3 is 9.47 Å². The average molecular weight is 275 g/mol. The molecule has 0 aromatic heterocycles. The molecule has 18 heavy (non-hydrogen) atoms. The van der Waals surface area contributed by atoms with Gasteiger partial charge in [-0.15, -0.1) is 11.6 Å². The SMILES string of the molecule is ClC1COC2(CCCCCCCCCCC2)OC1. The summed E-state index contributed by atoms with van der Waals surface area (Å²) >= 11 is 6.05. The maximum absolute atomic E-state index is 6.05. The highest BCUT2D eigenvalue weighted by molar-refractivity contribution is 6.20. The Morgan fingerprint density at radius 2 is 1.06 bits per heavy atom. The van der Waals surface area contributed by atoms with Crippen LogP contribution in [0.1, 0.15) is 70.6 Å². The number of halogens is 1. The maximum atomic E-state index is 6.05. The smallest absolute Gasteiger partial charge is 0.168 e. The Kier molecular flexibility index (Phi) is 6.26. The normalized spacial score (nSPS) is 28.5. The van der Waals surface area contributed by atoms with Crippen LogP contribution >= 0.6 is 11.6 Å². The molecule has 2 nitrogen and oxygen atoms in total. The molecule has 0 aromatic rings. The highest BCUT2D eigenvalue weighted by Gasteiger charge is 2.36. The molecule has 1 aliphatic heterocycles. The number of hydrogen-bond acceptors (Lipinski definition) is 2. The second-order valence-electron chi connectivity index (χ2n) is 5.81. The zero-order valence-corrected chi connectivity index (χ0v) is 12.2. The second kappa shape index (κ2) is 7.72. The quantitative estimate of drug-likeness (QED) is 0.599. The predicted molar refractivity (Wildman–Crippen MR) is 75.1 cm³/mol. The van der Waals surface area contributed by atoms with Gasteiger partial charge in [-0.2, -0.15) is 0 Å². The molecule has 0 N–H and O–H groups in total. The Balaban J connectivity index is 1.84. The molecule has 0 bridgehead atoms. The number of hydrogen-bond donors (Lipinski definition) is 0. The largest absolute Gasteiger partial charge is 0.348 e. The van der Waals surface area contributed by atoms with Crippen LogP contribution in [0.5, 0.6) is 0 Å². The summed E-state index contributed by atoms with van der Waals surface area (Å²) in [7, 11) is 0. The minimum Gasteiger partial charge on any atom is -0.348 e. The van der Waals surface area contributed by atoms with E-state index in [4.69, 9.17) is 21.1 Å². The first-order valence-corrected chi connectivity index (χ1v) is 8.16. The van der Waals surface area contributed by atoms with Crippen molar-refractivity contribution in [3.63, 3.8) is 0 Å². The van der Waals surface area contributed by atoms with Crippen molar-refractivity contribution in [2.75, 3.05) is 13.2 Å². The molecule has 0 amide bonds. The zero-order valence-electron chi connectivity index (χ0n) is 11.5. The average Bonchev–Trinajstić information content (AvgIpc) is 2.37. The van der Waals surface area contributed by atoms with Gasteiger partial charge in [0.1, 0.15) is 0 Å². The Labute approximate surface area is 116 Å². The Bertz CT molecular complexity index is 211. The molecular formula is C15H27ClO2. The summed E-state index contributed by atoms with van der Waals surface area (Å²) in [6.07, 6.45) is 14.2. The van der Waals surface area contributed by atoms with E-state index in [1.807, 2.05) is 0 Å². The predicted octanol–water partition coefficient (Wildman–Crippen LogP) is 4.64. The molecule has 0 unspecified atom stereocenters. The summed E-state index contributed by atoms with van der Waals surface area (Å²) < 4.78 is 11.9. The molecular weight excluding hydrogens is 248 g/mol. The van der Waals surface area contributed by atoms with Crippen LogP contribution in [-0.2, 0) is 9.47 Å². The monoisotopic (exact) mass is 274 g/mol. The minimum atomic E-state index is -0.301. The van der Waals surface area contributed by atoms with E-state index in [2.05, 4.69) is 0 Å². The van der Waals surface area contributed by atoms with Crippen LogP contribution in [0.15, 0.2) is 0 Å². The molecule has 1 aliphatic carbocycles. The van der Waals surface area contributed by atoms with E-state index in [-0.39, 0.29) is 11.2 Å². The minimum absolute atomic E-state index is 0.0389. The van der Waals surface area contributed by atoms with Crippen molar-refractivity contribution in [2.45, 2.75) is 81.8 Å². The number of rotatable bonds is 0. The van der Waals surface area contributed by atoms with Crippen molar-refractivity contribution < 1.29 is 9.47 Å². The van der Waals surface area contributed by atoms with Crippen LogP contribution in [0.2, 0.25) is 0 Å². The van der Waals surface area contributed by atoms with E-state index in [0.29, 0.717) is 13.2 Å². The van der Waals surface area contributed by atoms with Gasteiger partial charge in [-0.05, 0) is 12.8 Å². The van der Waals surface area contributed by atoms with Crippen molar-refractivity contribution in [1.29, 1.82) is 0 Å². The maximum Gasteiger partial charge on any atom is 0.168 e. The fraction of sp³-hybridized carbons (Fsp3) is 1.00. The van der Waals surface area contributed by atoms with E-state index in [1.54, 1.807) is 0 Å². The van der Waals surface area contributed by atoms with Crippen LogP contribution in [0, 0.1) is 0 Å². The van der Waals surface area contributed by atoms with E-state index < -0.39 is 0 Å². The lowest BCUT2D eigenvalue weighted by molar-refractivity contribution is -0.272. The van der Waals surface area contributed by atoms with Crippen molar-refractivity contribution in [3.8, 4) is 0 Å². The van der Waals surface area contributed by atoms with Gasteiger partial charge in [0.15, 0.2) is 5.79 Å². The summed E-state index contributed by atoms with van der Waals surface area (Å²) in [5, 5.41) is 0.0389. The first-order chi connectivity index (χ1) is 8.81. The summed E-state index contributed by atoms with van der Waals surface area (Å²) in [4.78, 5) is 0. The Hall–Kier alpha value is 0.210. The molecule has 0 aromatic carbocycles. The Morgan fingerprint density at radius 3 is 1.50 bits per heavy atom. The van der Waals surface area contributed by atoms with Crippen molar-refractivity contribution in [2.24, 2.45) is 0 Å². The molecule has 1 saturated heterocycles. The second-order valence-corrected chi connectivity index (χ2v) is 6.43. The number of ether oxygens (including phenoxy) is 2. The van der Waals surface area contributed by atoms with Gasteiger partial charge in [-0.25, -0.2) is 0 Å². The third-order valence-corrected chi connectivity index (χ3v) is 4.42. The van der Waals surface area contributed by atoms with Gasteiger partial charge in [0, 0.05) is 12.8 Å². The molecule has 2 fully saturated rings. The van der Waals surface area contributed by atoms with E-state index in [0.717, 1.165) is 12.8 Å². The van der Waals surface area contributed by atoms with Crippen LogP contribution in [0.25, 0.3) is 0 Å². The summed E-state index contributed by atoms with van der Waals surface area (Å²) in [5.41, 5.74) is 0. The van der Waals surface area contributed by atoms with Gasteiger partial charge in [0.2, 0.25) is 0 Å². The lowest BCUT2D eigenvalue weighted by Crippen LogP contribution is -2.44. The van der Waals surface area contributed by atoms with Gasteiger partial charge in [0.05, 0.1) is 18.6 Å². The van der Waals surface area contributed by atoms with E-state index in [9.17, 15) is 0 Å². The molecule has 0 radical (unpaired) electrons. The van der Waals surface area contributed by atoms with Gasteiger partial charge in [-0.1, -0.05) is 44.9 Å². The summed E-state index contributed by atoms with van der Waals surface area (Å²) in [6.45, 7) is 1.31. The molecule has 2 rings (SSSR count). The molecule has 1 heterocycles. The lowest BCUT2D eigenvalue weighted by atomic mass is 9.96.